The fraction of sp³-hybridized carbons (Fsp3) is 0.933. The second-order valence-corrected chi connectivity index (χ2v) is 6.36. The number of amides is 1. The third-order valence-corrected chi connectivity index (χ3v) is 4.61. The molecule has 5 heteroatoms. The van der Waals surface area contributed by atoms with Crippen molar-refractivity contribution in [2.24, 2.45) is 5.73 Å². The Kier molecular flexibility index (Phi) is 6.26. The van der Waals surface area contributed by atoms with Gasteiger partial charge in [0, 0.05) is 31.7 Å². The van der Waals surface area contributed by atoms with Gasteiger partial charge in [-0.15, -0.1) is 0 Å². The van der Waals surface area contributed by atoms with E-state index in [2.05, 4.69) is 22.0 Å². The topological polar surface area (TPSA) is 61.6 Å². The zero-order valence-electron chi connectivity index (χ0n) is 12.8. The maximum atomic E-state index is 12.0. The summed E-state index contributed by atoms with van der Waals surface area (Å²) in [5.41, 5.74) is 5.88. The van der Waals surface area contributed by atoms with Crippen molar-refractivity contribution in [3.05, 3.63) is 0 Å². The van der Waals surface area contributed by atoms with Crippen LogP contribution in [0.4, 0.5) is 0 Å². The van der Waals surface area contributed by atoms with Crippen molar-refractivity contribution in [3.63, 3.8) is 0 Å². The lowest BCUT2D eigenvalue weighted by Gasteiger charge is -2.33. The Morgan fingerprint density at radius 1 is 1.20 bits per heavy atom. The van der Waals surface area contributed by atoms with Crippen LogP contribution in [0.15, 0.2) is 0 Å². The highest BCUT2D eigenvalue weighted by Crippen LogP contribution is 2.11. The Bertz CT molecular complexity index is 296. The van der Waals surface area contributed by atoms with E-state index in [9.17, 15) is 4.79 Å². The van der Waals surface area contributed by atoms with Crippen LogP contribution < -0.4 is 11.1 Å². The molecule has 2 fully saturated rings. The quantitative estimate of drug-likeness (QED) is 0.766. The summed E-state index contributed by atoms with van der Waals surface area (Å²) < 4.78 is 0. The summed E-state index contributed by atoms with van der Waals surface area (Å²) in [6.45, 7) is 7.78. The molecule has 0 aromatic rings. The standard InChI is InChI=1S/C15H30N4O/c1-13(19-7-3-2-4-8-19)11-17-15(20)12-18-9-5-14(16)6-10-18/h13-14H,2-12,16H2,1H3,(H,17,20). The molecule has 0 saturated carbocycles. The van der Waals surface area contributed by atoms with Crippen molar-refractivity contribution in [3.8, 4) is 0 Å². The maximum Gasteiger partial charge on any atom is 0.234 e. The largest absolute Gasteiger partial charge is 0.353 e. The lowest BCUT2D eigenvalue weighted by atomic mass is 10.1. The van der Waals surface area contributed by atoms with E-state index in [-0.39, 0.29) is 5.91 Å². The number of rotatable bonds is 5. The van der Waals surface area contributed by atoms with Crippen LogP contribution in [0.2, 0.25) is 0 Å². The number of hydrogen-bond acceptors (Lipinski definition) is 4. The van der Waals surface area contributed by atoms with E-state index in [4.69, 9.17) is 5.73 Å². The predicted molar refractivity (Wildman–Crippen MR) is 81.5 cm³/mol. The lowest BCUT2D eigenvalue weighted by molar-refractivity contribution is -0.122. The summed E-state index contributed by atoms with van der Waals surface area (Å²) in [5.74, 6) is 0.157. The van der Waals surface area contributed by atoms with Gasteiger partial charge in [-0.3, -0.25) is 14.6 Å². The molecule has 3 N–H and O–H groups in total. The predicted octanol–water partition coefficient (Wildman–Crippen LogP) is 0.400. The SMILES string of the molecule is CC(CNC(=O)CN1CCC(N)CC1)N1CCCCC1. The average Bonchev–Trinajstić information content (AvgIpc) is 2.48. The zero-order chi connectivity index (χ0) is 14.4. The summed E-state index contributed by atoms with van der Waals surface area (Å²) in [5, 5.41) is 3.08. The first kappa shape index (κ1) is 15.7. The van der Waals surface area contributed by atoms with Gasteiger partial charge in [-0.1, -0.05) is 6.42 Å². The number of hydrogen-bond donors (Lipinski definition) is 2. The second-order valence-electron chi connectivity index (χ2n) is 6.36. The Hall–Kier alpha value is -0.650. The Balaban J connectivity index is 1.61. The number of nitrogens with zero attached hydrogens (tertiary/aromatic N) is 2. The minimum absolute atomic E-state index is 0.157. The minimum atomic E-state index is 0.157. The van der Waals surface area contributed by atoms with Crippen molar-refractivity contribution in [2.45, 2.75) is 51.1 Å². The Morgan fingerprint density at radius 2 is 1.85 bits per heavy atom. The third-order valence-electron chi connectivity index (χ3n) is 4.61. The molecule has 2 heterocycles. The van der Waals surface area contributed by atoms with Crippen LogP contribution in [0.25, 0.3) is 0 Å². The van der Waals surface area contributed by atoms with Crippen molar-refractivity contribution in [2.75, 3.05) is 39.3 Å². The van der Waals surface area contributed by atoms with Crippen LogP contribution >= 0.6 is 0 Å². The van der Waals surface area contributed by atoms with E-state index >= 15 is 0 Å². The van der Waals surface area contributed by atoms with Gasteiger partial charge in [0.1, 0.15) is 0 Å². The third kappa shape index (κ3) is 5.04. The summed E-state index contributed by atoms with van der Waals surface area (Å²) in [6.07, 6.45) is 5.97. The number of carbonyl (C=O) groups is 1. The van der Waals surface area contributed by atoms with Gasteiger partial charge in [-0.2, -0.15) is 0 Å². The fourth-order valence-corrected chi connectivity index (χ4v) is 3.12. The molecular weight excluding hydrogens is 252 g/mol. The first-order valence-corrected chi connectivity index (χ1v) is 8.14. The average molecular weight is 282 g/mol. The van der Waals surface area contributed by atoms with Gasteiger partial charge < -0.3 is 11.1 Å². The molecule has 0 aromatic heterocycles. The number of nitrogens with two attached hydrogens (primary N) is 1. The van der Waals surface area contributed by atoms with E-state index in [0.29, 0.717) is 18.6 Å². The Labute approximate surface area is 122 Å². The number of likely N-dealkylation sites (tertiary alicyclic amines) is 2. The Morgan fingerprint density at radius 3 is 2.50 bits per heavy atom. The molecule has 0 aromatic carbocycles. The number of carbonyl (C=O) groups excluding carboxylic acids is 1. The molecule has 116 valence electrons. The molecule has 0 radical (unpaired) electrons. The summed E-state index contributed by atoms with van der Waals surface area (Å²) in [4.78, 5) is 16.7. The first-order chi connectivity index (χ1) is 9.65. The van der Waals surface area contributed by atoms with Gasteiger partial charge in [0.15, 0.2) is 0 Å². The molecule has 5 nitrogen and oxygen atoms in total. The highest BCUT2D eigenvalue weighted by Gasteiger charge is 2.20. The molecule has 0 spiro atoms. The highest BCUT2D eigenvalue weighted by molar-refractivity contribution is 5.78. The van der Waals surface area contributed by atoms with Crippen LogP contribution in [0.5, 0.6) is 0 Å². The fourth-order valence-electron chi connectivity index (χ4n) is 3.12. The van der Waals surface area contributed by atoms with E-state index in [0.717, 1.165) is 32.5 Å². The van der Waals surface area contributed by atoms with Gasteiger partial charge in [0.25, 0.3) is 0 Å². The summed E-state index contributed by atoms with van der Waals surface area (Å²) >= 11 is 0. The zero-order valence-corrected chi connectivity index (χ0v) is 12.8. The minimum Gasteiger partial charge on any atom is -0.353 e. The highest BCUT2D eigenvalue weighted by atomic mass is 16.2. The lowest BCUT2D eigenvalue weighted by Crippen LogP contribution is -2.48. The molecule has 20 heavy (non-hydrogen) atoms. The molecule has 2 aliphatic heterocycles. The molecule has 0 bridgehead atoms. The van der Waals surface area contributed by atoms with Crippen molar-refractivity contribution in [1.82, 2.24) is 15.1 Å². The molecular formula is C15H30N4O. The molecule has 1 unspecified atom stereocenters. The van der Waals surface area contributed by atoms with Gasteiger partial charge >= 0.3 is 0 Å². The van der Waals surface area contributed by atoms with Crippen molar-refractivity contribution >= 4 is 5.91 Å². The van der Waals surface area contributed by atoms with E-state index < -0.39 is 0 Å². The van der Waals surface area contributed by atoms with Crippen LogP contribution in [0.1, 0.15) is 39.0 Å². The summed E-state index contributed by atoms with van der Waals surface area (Å²) in [6, 6.07) is 0.780. The normalized spacial score (nSPS) is 24.5. The van der Waals surface area contributed by atoms with Crippen molar-refractivity contribution in [1.29, 1.82) is 0 Å². The molecule has 0 aliphatic carbocycles. The molecule has 2 aliphatic rings. The van der Waals surface area contributed by atoms with Gasteiger partial charge in [0.05, 0.1) is 6.54 Å². The molecule has 2 rings (SSSR count). The molecule has 1 atom stereocenters. The van der Waals surface area contributed by atoms with Crippen LogP contribution in [0.3, 0.4) is 0 Å². The molecule has 1 amide bonds. The van der Waals surface area contributed by atoms with E-state index in [1.165, 1.54) is 32.4 Å². The van der Waals surface area contributed by atoms with E-state index in [1.54, 1.807) is 0 Å². The monoisotopic (exact) mass is 282 g/mol. The van der Waals surface area contributed by atoms with Gasteiger partial charge in [-0.25, -0.2) is 0 Å². The maximum absolute atomic E-state index is 12.0. The van der Waals surface area contributed by atoms with Crippen LogP contribution in [-0.2, 0) is 4.79 Å². The van der Waals surface area contributed by atoms with Crippen LogP contribution in [0, 0.1) is 0 Å². The second kappa shape index (κ2) is 7.96. The van der Waals surface area contributed by atoms with Crippen LogP contribution in [-0.4, -0.2) is 67.1 Å². The first-order valence-electron chi connectivity index (χ1n) is 8.14. The van der Waals surface area contributed by atoms with Gasteiger partial charge in [-0.05, 0) is 45.7 Å². The smallest absolute Gasteiger partial charge is 0.234 e. The number of nitrogens with one attached hydrogen (secondary N) is 1. The van der Waals surface area contributed by atoms with E-state index in [1.807, 2.05) is 0 Å². The number of piperidine rings is 2. The molecule has 2 saturated heterocycles. The van der Waals surface area contributed by atoms with Gasteiger partial charge in [0.2, 0.25) is 5.91 Å². The summed E-state index contributed by atoms with van der Waals surface area (Å²) in [7, 11) is 0. The van der Waals surface area contributed by atoms with Crippen molar-refractivity contribution < 1.29 is 4.79 Å².